The van der Waals surface area contributed by atoms with Crippen LogP contribution in [0.25, 0.3) is 0 Å². The van der Waals surface area contributed by atoms with Crippen molar-refractivity contribution in [3.05, 3.63) is 12.7 Å². The summed E-state index contributed by atoms with van der Waals surface area (Å²) in [6.45, 7) is 4.04. The van der Waals surface area contributed by atoms with Crippen molar-refractivity contribution >= 4 is 5.97 Å². The van der Waals surface area contributed by atoms with Crippen LogP contribution in [0.4, 0.5) is 0 Å². The lowest BCUT2D eigenvalue weighted by atomic mass is 9.53. The number of hydrogen-bond acceptors (Lipinski definition) is 6. The van der Waals surface area contributed by atoms with E-state index in [1.54, 1.807) is 6.08 Å². The molecule has 0 aromatic carbocycles. The van der Waals surface area contributed by atoms with Gasteiger partial charge in [0.15, 0.2) is 0 Å². The highest BCUT2D eigenvalue weighted by Gasteiger charge is 2.64. The van der Waals surface area contributed by atoms with E-state index in [4.69, 9.17) is 24.3 Å². The van der Waals surface area contributed by atoms with Gasteiger partial charge in [-0.25, -0.2) is 0 Å². The van der Waals surface area contributed by atoms with Crippen molar-refractivity contribution in [2.24, 2.45) is 29.6 Å². The lowest BCUT2D eigenvalue weighted by Crippen LogP contribution is -2.64. The first kappa shape index (κ1) is 18.1. The topological polar surface area (TPSA) is 63.2 Å². The number of esters is 1. The Balaban J connectivity index is 1.17. The summed E-state index contributed by atoms with van der Waals surface area (Å²) < 4.78 is 5.30. The van der Waals surface area contributed by atoms with E-state index in [0.29, 0.717) is 50.5 Å². The molecule has 0 amide bonds. The summed E-state index contributed by atoms with van der Waals surface area (Å²) in [5.41, 5.74) is 0. The molecule has 0 N–H and O–H groups in total. The first-order valence-electron chi connectivity index (χ1n) is 10.6. The maximum absolute atomic E-state index is 12.2. The van der Waals surface area contributed by atoms with E-state index >= 15 is 0 Å². The van der Waals surface area contributed by atoms with Gasteiger partial charge in [-0.2, -0.15) is 19.6 Å². The third-order valence-electron chi connectivity index (χ3n) is 7.57. The van der Waals surface area contributed by atoms with Crippen molar-refractivity contribution in [3.63, 3.8) is 0 Å². The van der Waals surface area contributed by atoms with E-state index in [0.717, 1.165) is 37.5 Å². The summed E-state index contributed by atoms with van der Waals surface area (Å²) in [7, 11) is 0. The van der Waals surface area contributed by atoms with Gasteiger partial charge in [-0.3, -0.25) is 4.79 Å². The van der Waals surface area contributed by atoms with Gasteiger partial charge in [0.25, 0.3) is 0 Å². The molecule has 1 heterocycles. The first-order valence-corrected chi connectivity index (χ1v) is 10.6. The van der Waals surface area contributed by atoms with Gasteiger partial charge in [0.1, 0.15) is 0 Å². The zero-order valence-corrected chi connectivity index (χ0v) is 15.9. The van der Waals surface area contributed by atoms with Crippen LogP contribution in [0.3, 0.4) is 0 Å². The van der Waals surface area contributed by atoms with Crippen LogP contribution < -0.4 is 0 Å². The Morgan fingerprint density at radius 1 is 0.963 bits per heavy atom. The molecule has 0 aromatic heterocycles. The maximum Gasteiger partial charge on any atom is 0.308 e. The average Bonchev–Trinajstić information content (AvgIpc) is 2.68. The number of carbonyl (C=O) groups is 1. The second-order valence-electron chi connectivity index (χ2n) is 9.29. The van der Waals surface area contributed by atoms with Crippen LogP contribution in [0.1, 0.15) is 64.2 Å². The number of carbonyl (C=O) groups excluding carboxylic acids is 1. The summed E-state index contributed by atoms with van der Waals surface area (Å²) in [6, 6.07) is 0. The van der Waals surface area contributed by atoms with Gasteiger partial charge in [-0.1, -0.05) is 6.08 Å². The van der Waals surface area contributed by atoms with Crippen molar-refractivity contribution in [1.29, 1.82) is 0 Å². The molecule has 6 aliphatic rings. The van der Waals surface area contributed by atoms with Crippen molar-refractivity contribution in [1.82, 2.24) is 0 Å². The molecule has 0 radical (unpaired) electrons. The molecule has 1 aliphatic heterocycles. The quantitative estimate of drug-likeness (QED) is 0.318. The zero-order chi connectivity index (χ0) is 18.5. The maximum atomic E-state index is 12.2. The molecule has 5 aliphatic carbocycles. The van der Waals surface area contributed by atoms with Crippen LogP contribution in [0.2, 0.25) is 0 Å². The van der Waals surface area contributed by atoms with Crippen LogP contribution in [-0.2, 0) is 29.1 Å². The van der Waals surface area contributed by atoms with Crippen LogP contribution in [0, 0.1) is 29.6 Å². The molecular weight excluding hydrogens is 348 g/mol. The lowest BCUT2D eigenvalue weighted by molar-refractivity contribution is -0.680. The Bertz CT molecular complexity index is 553. The molecule has 0 atom stereocenters. The van der Waals surface area contributed by atoms with Crippen LogP contribution in [0.5, 0.6) is 0 Å². The Kier molecular flexibility index (Phi) is 4.58. The molecule has 6 nitrogen and oxygen atoms in total. The predicted molar refractivity (Wildman–Crippen MR) is 94.6 cm³/mol. The molecule has 1 saturated heterocycles. The largest absolute Gasteiger partial charge is 0.465 e. The zero-order valence-electron chi connectivity index (χ0n) is 15.9. The monoisotopic (exact) mass is 378 g/mol. The normalized spacial score (nSPS) is 48.1. The standard InChI is InChI=1S/C21H30O6/c1-2-3-8-23-19(22)16-4-6-20(7-5-16)24-26-21(27-25-20)17-10-14-9-15(12-17)13-18(21)11-14/h2,14-18H,1,3-13H2. The van der Waals surface area contributed by atoms with E-state index in [9.17, 15) is 4.79 Å². The van der Waals surface area contributed by atoms with Crippen LogP contribution in [0.15, 0.2) is 12.7 Å². The SMILES string of the molecule is C=CCCOC(=O)C1CCC2(CC1)OOC1(OO2)C2CC3CC(C2)CC1C3. The Morgan fingerprint density at radius 3 is 2.11 bits per heavy atom. The summed E-state index contributed by atoms with van der Waals surface area (Å²) in [5.74, 6) is 0.570. The van der Waals surface area contributed by atoms with Gasteiger partial charge < -0.3 is 4.74 Å². The molecule has 0 aromatic rings. The third-order valence-corrected chi connectivity index (χ3v) is 7.57. The van der Waals surface area contributed by atoms with E-state index in [2.05, 4.69) is 6.58 Å². The van der Waals surface area contributed by atoms with E-state index < -0.39 is 11.6 Å². The van der Waals surface area contributed by atoms with Gasteiger partial charge >= 0.3 is 5.97 Å². The van der Waals surface area contributed by atoms with Gasteiger partial charge in [0.05, 0.1) is 12.5 Å². The fraction of sp³-hybridized carbons (Fsp3) is 0.857. The molecular formula is C21H30O6. The second kappa shape index (κ2) is 6.83. The van der Waals surface area contributed by atoms with Gasteiger partial charge in [-0.15, -0.1) is 6.58 Å². The van der Waals surface area contributed by atoms with Crippen molar-refractivity contribution in [2.45, 2.75) is 75.8 Å². The third kappa shape index (κ3) is 3.05. The van der Waals surface area contributed by atoms with Crippen molar-refractivity contribution in [2.75, 3.05) is 6.61 Å². The minimum absolute atomic E-state index is 0.107. The minimum atomic E-state index is -0.877. The molecule has 2 spiro atoms. The second-order valence-corrected chi connectivity index (χ2v) is 9.29. The number of hydrogen-bond donors (Lipinski definition) is 0. The summed E-state index contributed by atoms with van der Waals surface area (Å²) in [4.78, 5) is 36.0. The highest BCUT2D eigenvalue weighted by atomic mass is 17.4. The molecule has 6 fully saturated rings. The molecule has 150 valence electrons. The van der Waals surface area contributed by atoms with Crippen molar-refractivity contribution in [3.8, 4) is 0 Å². The Morgan fingerprint density at radius 2 is 1.56 bits per heavy atom. The molecule has 27 heavy (non-hydrogen) atoms. The summed E-state index contributed by atoms with van der Waals surface area (Å²) in [6.07, 6.45) is 10.9. The molecule has 0 unspecified atom stereocenters. The van der Waals surface area contributed by atoms with Gasteiger partial charge in [0, 0.05) is 24.7 Å². The predicted octanol–water partition coefficient (Wildman–Crippen LogP) is 4.05. The van der Waals surface area contributed by atoms with E-state index in [-0.39, 0.29) is 11.9 Å². The van der Waals surface area contributed by atoms with E-state index in [1.807, 2.05) is 0 Å². The van der Waals surface area contributed by atoms with Crippen LogP contribution in [-0.4, -0.2) is 24.2 Å². The number of rotatable bonds is 4. The molecule has 6 rings (SSSR count). The highest BCUT2D eigenvalue weighted by molar-refractivity contribution is 5.72. The van der Waals surface area contributed by atoms with Crippen molar-refractivity contribution < 1.29 is 29.1 Å². The Hall–Kier alpha value is -0.950. The fourth-order valence-electron chi connectivity index (χ4n) is 6.24. The lowest BCUT2D eigenvalue weighted by Gasteiger charge is -2.60. The average molecular weight is 378 g/mol. The first-order chi connectivity index (χ1) is 13.1. The Labute approximate surface area is 160 Å². The van der Waals surface area contributed by atoms with Gasteiger partial charge in [-0.05, 0) is 63.2 Å². The smallest absolute Gasteiger partial charge is 0.308 e. The van der Waals surface area contributed by atoms with Crippen LogP contribution >= 0.6 is 0 Å². The minimum Gasteiger partial charge on any atom is -0.465 e. The summed E-state index contributed by atoms with van der Waals surface area (Å²) in [5, 5.41) is 0. The molecule has 5 saturated carbocycles. The molecule has 6 heteroatoms. The van der Waals surface area contributed by atoms with Gasteiger partial charge in [0.2, 0.25) is 11.6 Å². The van der Waals surface area contributed by atoms with E-state index in [1.165, 1.54) is 6.42 Å². The highest BCUT2D eigenvalue weighted by Crippen LogP contribution is 2.61. The summed E-state index contributed by atoms with van der Waals surface area (Å²) >= 11 is 0. The fourth-order valence-corrected chi connectivity index (χ4v) is 6.24. The number of ether oxygens (including phenoxy) is 1. The molecule has 4 bridgehead atoms.